The fraction of sp³-hybridized carbons (Fsp3) is 0.389. The van der Waals surface area contributed by atoms with Gasteiger partial charge in [-0.15, -0.1) is 0 Å². The average molecular weight is 297 g/mol. The molecule has 0 aliphatic carbocycles. The number of aryl methyl sites for hydroxylation is 1. The summed E-state index contributed by atoms with van der Waals surface area (Å²) in [5, 5.41) is 3.07. The summed E-state index contributed by atoms with van der Waals surface area (Å²) in [4.78, 5) is 14.6. The van der Waals surface area contributed by atoms with Crippen LogP contribution in [-0.2, 0) is 24.9 Å². The molecule has 0 radical (unpaired) electrons. The van der Waals surface area contributed by atoms with Gasteiger partial charge >= 0.3 is 0 Å². The number of carbonyl (C=O) groups is 1. The minimum Gasteiger partial charge on any atom is -0.350 e. The summed E-state index contributed by atoms with van der Waals surface area (Å²) in [6.45, 7) is 4.51. The predicted molar refractivity (Wildman–Crippen MR) is 87.3 cm³/mol. The lowest BCUT2D eigenvalue weighted by Gasteiger charge is -2.39. The van der Waals surface area contributed by atoms with Gasteiger partial charge in [-0.1, -0.05) is 30.3 Å². The highest BCUT2D eigenvalue weighted by atomic mass is 16.2. The Hall–Kier alpha value is -2.07. The molecule has 1 aliphatic rings. The molecule has 0 saturated carbocycles. The van der Waals surface area contributed by atoms with E-state index in [4.69, 9.17) is 0 Å². The molecule has 0 spiro atoms. The molecule has 1 atom stereocenters. The van der Waals surface area contributed by atoms with E-state index < -0.39 is 0 Å². The van der Waals surface area contributed by atoms with Crippen molar-refractivity contribution < 1.29 is 4.79 Å². The third-order valence-electron chi connectivity index (χ3n) is 4.58. The lowest BCUT2D eigenvalue weighted by molar-refractivity contribution is -0.131. The van der Waals surface area contributed by atoms with E-state index in [0.29, 0.717) is 6.54 Å². The van der Waals surface area contributed by atoms with Crippen molar-refractivity contribution in [1.82, 2.24) is 14.8 Å². The molecule has 1 aromatic heterocycles. The van der Waals surface area contributed by atoms with Crippen molar-refractivity contribution >= 4 is 5.91 Å². The largest absolute Gasteiger partial charge is 0.350 e. The van der Waals surface area contributed by atoms with Crippen LogP contribution in [0.2, 0.25) is 0 Å². The van der Waals surface area contributed by atoms with Gasteiger partial charge in [-0.25, -0.2) is 0 Å². The third kappa shape index (κ3) is 3.07. The maximum absolute atomic E-state index is 12.4. The topological polar surface area (TPSA) is 37.3 Å². The second-order valence-electron chi connectivity index (χ2n) is 6.00. The highest BCUT2D eigenvalue weighted by Crippen LogP contribution is 2.20. The third-order valence-corrected chi connectivity index (χ3v) is 4.58. The van der Waals surface area contributed by atoms with Gasteiger partial charge in [-0.05, 0) is 31.0 Å². The van der Waals surface area contributed by atoms with E-state index in [1.54, 1.807) is 0 Å². The Morgan fingerprint density at radius 1 is 1.23 bits per heavy atom. The fourth-order valence-electron chi connectivity index (χ4n) is 2.88. The lowest BCUT2D eigenvalue weighted by atomic mass is 10.0. The Balaban J connectivity index is 1.53. The molecule has 1 saturated heterocycles. The fourth-order valence-corrected chi connectivity index (χ4v) is 2.88. The Kier molecular flexibility index (Phi) is 4.29. The summed E-state index contributed by atoms with van der Waals surface area (Å²) in [5.41, 5.74) is 3.61. The van der Waals surface area contributed by atoms with Gasteiger partial charge in [0.15, 0.2) is 0 Å². The van der Waals surface area contributed by atoms with Crippen LogP contribution in [0.1, 0.15) is 23.4 Å². The minimum absolute atomic E-state index is 0.0153. The van der Waals surface area contributed by atoms with E-state index >= 15 is 0 Å². The average Bonchev–Trinajstić information content (AvgIpc) is 2.82. The number of nitrogens with zero attached hydrogens (tertiary/aromatic N) is 2. The first kappa shape index (κ1) is 14.9. The number of amides is 1. The van der Waals surface area contributed by atoms with E-state index in [0.717, 1.165) is 25.2 Å². The van der Waals surface area contributed by atoms with Gasteiger partial charge in [0.1, 0.15) is 0 Å². The summed E-state index contributed by atoms with van der Waals surface area (Å²) in [7, 11) is 2.03. The van der Waals surface area contributed by atoms with E-state index in [1.807, 2.05) is 25.2 Å². The van der Waals surface area contributed by atoms with Gasteiger partial charge in [-0.3, -0.25) is 9.69 Å². The van der Waals surface area contributed by atoms with Gasteiger partial charge < -0.3 is 9.88 Å². The number of aromatic nitrogens is 1. The first-order valence-electron chi connectivity index (χ1n) is 7.82. The molecule has 1 aromatic carbocycles. The summed E-state index contributed by atoms with van der Waals surface area (Å²) < 4.78 is 2.11. The van der Waals surface area contributed by atoms with Gasteiger partial charge in [-0.2, -0.15) is 0 Å². The molecule has 1 N–H and O–H groups in total. The van der Waals surface area contributed by atoms with Gasteiger partial charge in [0.2, 0.25) is 5.91 Å². The molecular weight excluding hydrogens is 274 g/mol. The first-order chi connectivity index (χ1) is 10.6. The Bertz CT molecular complexity index is 648. The van der Waals surface area contributed by atoms with Crippen LogP contribution in [0.5, 0.6) is 0 Å². The molecule has 0 unspecified atom stereocenters. The van der Waals surface area contributed by atoms with Crippen molar-refractivity contribution in [2.75, 3.05) is 6.54 Å². The standard InChI is InChI=1S/C18H23N3O/c1-14-8-9-16(20(14)2)12-19-18(22)17-10-11-21(17)13-15-6-4-3-5-7-15/h3-9,17H,10-13H2,1-2H3,(H,19,22)/t17-/m1/s1. The predicted octanol–water partition coefficient (Wildman–Crippen LogP) is 2.22. The van der Waals surface area contributed by atoms with Gasteiger partial charge in [0, 0.05) is 31.5 Å². The van der Waals surface area contributed by atoms with E-state index in [-0.39, 0.29) is 11.9 Å². The highest BCUT2D eigenvalue weighted by Gasteiger charge is 2.33. The number of likely N-dealkylation sites (tertiary alicyclic amines) is 1. The van der Waals surface area contributed by atoms with Crippen molar-refractivity contribution in [2.24, 2.45) is 7.05 Å². The SMILES string of the molecule is Cc1ccc(CNC(=O)[C@H]2CCN2Cc2ccccc2)n1C. The Morgan fingerprint density at radius 2 is 2.00 bits per heavy atom. The monoisotopic (exact) mass is 297 g/mol. The van der Waals surface area contributed by atoms with Crippen molar-refractivity contribution in [3.05, 3.63) is 59.4 Å². The van der Waals surface area contributed by atoms with E-state index in [9.17, 15) is 4.79 Å². The lowest BCUT2D eigenvalue weighted by Crippen LogP contribution is -2.55. The van der Waals surface area contributed by atoms with Crippen LogP contribution in [0.3, 0.4) is 0 Å². The zero-order valence-electron chi connectivity index (χ0n) is 13.2. The molecule has 2 heterocycles. The summed E-state index contributed by atoms with van der Waals surface area (Å²) in [5.74, 6) is 0.140. The first-order valence-corrected chi connectivity index (χ1v) is 7.82. The van der Waals surface area contributed by atoms with Crippen LogP contribution in [0.4, 0.5) is 0 Å². The molecular formula is C18H23N3O. The van der Waals surface area contributed by atoms with E-state index in [2.05, 4.69) is 46.0 Å². The number of hydrogen-bond acceptors (Lipinski definition) is 2. The summed E-state index contributed by atoms with van der Waals surface area (Å²) in [6.07, 6.45) is 0.949. The summed E-state index contributed by atoms with van der Waals surface area (Å²) in [6, 6.07) is 14.5. The number of nitrogens with one attached hydrogen (secondary N) is 1. The van der Waals surface area contributed by atoms with Crippen LogP contribution >= 0.6 is 0 Å². The molecule has 0 bridgehead atoms. The van der Waals surface area contributed by atoms with Crippen molar-refractivity contribution in [3.8, 4) is 0 Å². The molecule has 22 heavy (non-hydrogen) atoms. The Morgan fingerprint density at radius 3 is 2.59 bits per heavy atom. The van der Waals surface area contributed by atoms with Crippen LogP contribution in [0, 0.1) is 6.92 Å². The molecule has 4 heteroatoms. The zero-order chi connectivity index (χ0) is 15.5. The zero-order valence-corrected chi connectivity index (χ0v) is 13.2. The second-order valence-corrected chi connectivity index (χ2v) is 6.00. The minimum atomic E-state index is 0.0153. The molecule has 116 valence electrons. The molecule has 1 fully saturated rings. The van der Waals surface area contributed by atoms with Crippen LogP contribution in [0.25, 0.3) is 0 Å². The highest BCUT2D eigenvalue weighted by molar-refractivity contribution is 5.82. The summed E-state index contributed by atoms with van der Waals surface area (Å²) >= 11 is 0. The normalized spacial score (nSPS) is 18.0. The second kappa shape index (κ2) is 6.36. The van der Waals surface area contributed by atoms with Gasteiger partial charge in [0.25, 0.3) is 0 Å². The van der Waals surface area contributed by atoms with Crippen LogP contribution < -0.4 is 5.32 Å². The van der Waals surface area contributed by atoms with Crippen molar-refractivity contribution in [3.63, 3.8) is 0 Å². The maximum Gasteiger partial charge on any atom is 0.237 e. The Labute approximate surface area is 131 Å². The van der Waals surface area contributed by atoms with Crippen molar-refractivity contribution in [1.29, 1.82) is 0 Å². The molecule has 3 rings (SSSR count). The van der Waals surface area contributed by atoms with E-state index in [1.165, 1.54) is 11.3 Å². The number of hydrogen-bond donors (Lipinski definition) is 1. The molecule has 1 aliphatic heterocycles. The number of carbonyl (C=O) groups excluding carboxylic acids is 1. The van der Waals surface area contributed by atoms with Gasteiger partial charge in [0.05, 0.1) is 12.6 Å². The maximum atomic E-state index is 12.4. The molecule has 2 aromatic rings. The van der Waals surface area contributed by atoms with Crippen LogP contribution in [-0.4, -0.2) is 28.0 Å². The molecule has 4 nitrogen and oxygen atoms in total. The smallest absolute Gasteiger partial charge is 0.237 e. The van der Waals surface area contributed by atoms with Crippen molar-refractivity contribution in [2.45, 2.75) is 32.5 Å². The molecule has 1 amide bonds. The van der Waals surface area contributed by atoms with Crippen LogP contribution in [0.15, 0.2) is 42.5 Å². The number of rotatable bonds is 5. The quantitative estimate of drug-likeness (QED) is 0.919. The number of benzene rings is 1.